The van der Waals surface area contributed by atoms with Crippen LogP contribution in [0.4, 0.5) is 0 Å². The third-order valence-electron chi connectivity index (χ3n) is 4.53. The summed E-state index contributed by atoms with van der Waals surface area (Å²) in [7, 11) is 1.62. The fourth-order valence-corrected chi connectivity index (χ4v) is 3.35. The molecule has 1 aliphatic rings. The zero-order valence-electron chi connectivity index (χ0n) is 13.7. The summed E-state index contributed by atoms with van der Waals surface area (Å²) in [5.74, 6) is 1.32. The molecule has 3 aromatic carbocycles. The SMILES string of the molecule is COc1cccc(C2C(C#N)=C(N)Oc3c2ccc2ccccc32)c1. The standard InChI is InChI=1S/C21H16N2O2/c1-24-15-7-4-6-14(11-15)19-17-10-9-13-5-2-3-8-16(13)20(17)25-21(23)18(19)12-22/h2-11,19H,23H2,1H3. The first-order chi connectivity index (χ1) is 12.2. The van der Waals surface area contributed by atoms with E-state index in [0.29, 0.717) is 11.3 Å². The smallest absolute Gasteiger partial charge is 0.205 e. The average molecular weight is 328 g/mol. The van der Waals surface area contributed by atoms with E-state index < -0.39 is 0 Å². The number of ether oxygens (including phenoxy) is 2. The predicted molar refractivity (Wildman–Crippen MR) is 96.2 cm³/mol. The van der Waals surface area contributed by atoms with Gasteiger partial charge in [-0.2, -0.15) is 5.26 Å². The number of allylic oxidation sites excluding steroid dienone is 1. The number of hydrogen-bond acceptors (Lipinski definition) is 4. The number of fused-ring (bicyclic) bond motifs is 3. The number of nitriles is 1. The molecule has 2 N–H and O–H groups in total. The van der Waals surface area contributed by atoms with E-state index in [1.165, 1.54) is 0 Å². The number of nitrogens with two attached hydrogens (primary N) is 1. The largest absolute Gasteiger partial charge is 0.497 e. The van der Waals surface area contributed by atoms with Crippen LogP contribution in [0.15, 0.2) is 72.1 Å². The van der Waals surface area contributed by atoms with E-state index in [4.69, 9.17) is 15.2 Å². The van der Waals surface area contributed by atoms with Gasteiger partial charge in [-0.3, -0.25) is 0 Å². The van der Waals surface area contributed by atoms with Crippen molar-refractivity contribution in [2.75, 3.05) is 7.11 Å². The normalized spacial score (nSPS) is 16.1. The van der Waals surface area contributed by atoms with Crippen molar-refractivity contribution in [1.29, 1.82) is 5.26 Å². The Morgan fingerprint density at radius 3 is 2.72 bits per heavy atom. The van der Waals surface area contributed by atoms with Crippen LogP contribution < -0.4 is 15.2 Å². The van der Waals surface area contributed by atoms with Crippen LogP contribution in [0.1, 0.15) is 17.0 Å². The van der Waals surface area contributed by atoms with Gasteiger partial charge in [-0.05, 0) is 23.1 Å². The number of nitrogens with zero attached hydrogens (tertiary/aromatic N) is 1. The van der Waals surface area contributed by atoms with E-state index in [9.17, 15) is 5.26 Å². The van der Waals surface area contributed by atoms with Crippen LogP contribution >= 0.6 is 0 Å². The van der Waals surface area contributed by atoms with Gasteiger partial charge in [0.25, 0.3) is 0 Å². The summed E-state index contributed by atoms with van der Waals surface area (Å²) in [5, 5.41) is 11.7. The molecule has 1 atom stereocenters. The molecule has 4 nitrogen and oxygen atoms in total. The molecular formula is C21H16N2O2. The second-order valence-electron chi connectivity index (χ2n) is 5.91. The molecular weight excluding hydrogens is 312 g/mol. The minimum absolute atomic E-state index is 0.152. The van der Waals surface area contributed by atoms with Gasteiger partial charge in [0.1, 0.15) is 23.1 Å². The van der Waals surface area contributed by atoms with Crippen molar-refractivity contribution in [3.63, 3.8) is 0 Å². The fraction of sp³-hybridized carbons (Fsp3) is 0.0952. The Morgan fingerprint density at radius 2 is 1.92 bits per heavy atom. The van der Waals surface area contributed by atoms with Gasteiger partial charge in [-0.15, -0.1) is 0 Å². The predicted octanol–water partition coefficient (Wildman–Crippen LogP) is 4.07. The summed E-state index contributed by atoms with van der Waals surface area (Å²) in [6.45, 7) is 0. The highest BCUT2D eigenvalue weighted by Gasteiger charge is 2.31. The minimum atomic E-state index is -0.284. The highest BCUT2D eigenvalue weighted by atomic mass is 16.5. The van der Waals surface area contributed by atoms with Crippen LogP contribution in [0.2, 0.25) is 0 Å². The summed E-state index contributed by atoms with van der Waals surface area (Å²) >= 11 is 0. The molecule has 0 saturated carbocycles. The van der Waals surface area contributed by atoms with Crippen molar-refractivity contribution in [1.82, 2.24) is 0 Å². The van der Waals surface area contributed by atoms with Crippen molar-refractivity contribution in [3.8, 4) is 17.6 Å². The molecule has 0 saturated heterocycles. The molecule has 1 heterocycles. The summed E-state index contributed by atoms with van der Waals surface area (Å²) < 4.78 is 11.2. The monoisotopic (exact) mass is 328 g/mol. The van der Waals surface area contributed by atoms with Gasteiger partial charge in [-0.1, -0.05) is 48.5 Å². The molecule has 0 aliphatic carbocycles. The van der Waals surface area contributed by atoms with Crippen molar-refractivity contribution >= 4 is 10.8 Å². The van der Waals surface area contributed by atoms with Crippen LogP contribution in [0.25, 0.3) is 10.8 Å². The van der Waals surface area contributed by atoms with E-state index in [-0.39, 0.29) is 11.8 Å². The van der Waals surface area contributed by atoms with Crippen LogP contribution in [0.3, 0.4) is 0 Å². The maximum absolute atomic E-state index is 9.66. The molecule has 0 bridgehead atoms. The summed E-state index contributed by atoms with van der Waals surface area (Å²) in [6, 6.07) is 21.9. The Labute approximate surface area is 145 Å². The Balaban J connectivity index is 2.00. The van der Waals surface area contributed by atoms with E-state index in [1.807, 2.05) is 60.7 Å². The number of benzene rings is 3. The molecule has 0 amide bonds. The van der Waals surface area contributed by atoms with E-state index in [2.05, 4.69) is 6.07 Å². The molecule has 3 aromatic rings. The lowest BCUT2D eigenvalue weighted by Gasteiger charge is -2.27. The first-order valence-electron chi connectivity index (χ1n) is 7.96. The Bertz CT molecular complexity index is 1050. The molecule has 1 aliphatic heterocycles. The van der Waals surface area contributed by atoms with Gasteiger partial charge in [0.15, 0.2) is 0 Å². The third kappa shape index (κ3) is 2.38. The third-order valence-corrected chi connectivity index (χ3v) is 4.53. The van der Waals surface area contributed by atoms with Gasteiger partial charge in [0.2, 0.25) is 5.88 Å². The summed E-state index contributed by atoms with van der Waals surface area (Å²) in [4.78, 5) is 0. The summed E-state index contributed by atoms with van der Waals surface area (Å²) in [5.41, 5.74) is 8.38. The lowest BCUT2D eigenvalue weighted by atomic mass is 9.82. The maximum atomic E-state index is 9.66. The zero-order valence-corrected chi connectivity index (χ0v) is 13.7. The lowest BCUT2D eigenvalue weighted by molar-refractivity contribution is 0.397. The molecule has 0 aromatic heterocycles. The Morgan fingerprint density at radius 1 is 1.08 bits per heavy atom. The van der Waals surface area contributed by atoms with Gasteiger partial charge >= 0.3 is 0 Å². The zero-order chi connectivity index (χ0) is 17.4. The van der Waals surface area contributed by atoms with Crippen LogP contribution in [0, 0.1) is 11.3 Å². The maximum Gasteiger partial charge on any atom is 0.205 e. The molecule has 4 heteroatoms. The first kappa shape index (κ1) is 15.1. The topological polar surface area (TPSA) is 68.3 Å². The highest BCUT2D eigenvalue weighted by Crippen LogP contribution is 2.45. The molecule has 0 fully saturated rings. The number of rotatable bonds is 2. The quantitative estimate of drug-likeness (QED) is 0.770. The first-order valence-corrected chi connectivity index (χ1v) is 7.96. The molecule has 0 radical (unpaired) electrons. The van der Waals surface area contributed by atoms with E-state index >= 15 is 0 Å². The van der Waals surface area contributed by atoms with Crippen molar-refractivity contribution in [2.45, 2.75) is 5.92 Å². The number of hydrogen-bond donors (Lipinski definition) is 1. The minimum Gasteiger partial charge on any atom is -0.497 e. The fourth-order valence-electron chi connectivity index (χ4n) is 3.35. The van der Waals surface area contributed by atoms with Gasteiger partial charge < -0.3 is 15.2 Å². The average Bonchev–Trinajstić information content (AvgIpc) is 2.67. The van der Waals surface area contributed by atoms with Crippen LogP contribution in [0.5, 0.6) is 11.5 Å². The Hall–Kier alpha value is -3.45. The molecule has 25 heavy (non-hydrogen) atoms. The van der Waals surface area contributed by atoms with E-state index in [0.717, 1.165) is 27.6 Å². The summed E-state index contributed by atoms with van der Waals surface area (Å²) in [6.07, 6.45) is 0. The second-order valence-corrected chi connectivity index (χ2v) is 5.91. The Kier molecular flexibility index (Phi) is 3.55. The van der Waals surface area contributed by atoms with Crippen molar-refractivity contribution < 1.29 is 9.47 Å². The molecule has 0 spiro atoms. The highest BCUT2D eigenvalue weighted by molar-refractivity contribution is 5.90. The second kappa shape index (κ2) is 5.88. The van der Waals surface area contributed by atoms with Gasteiger partial charge in [0, 0.05) is 10.9 Å². The molecule has 4 rings (SSSR count). The lowest BCUT2D eigenvalue weighted by Crippen LogP contribution is -2.21. The van der Waals surface area contributed by atoms with Gasteiger partial charge in [-0.25, -0.2) is 0 Å². The van der Waals surface area contributed by atoms with Crippen LogP contribution in [-0.4, -0.2) is 7.11 Å². The van der Waals surface area contributed by atoms with Crippen LogP contribution in [-0.2, 0) is 0 Å². The van der Waals surface area contributed by atoms with Crippen molar-refractivity contribution in [2.24, 2.45) is 5.73 Å². The van der Waals surface area contributed by atoms with Crippen molar-refractivity contribution in [3.05, 3.63) is 83.2 Å². The molecule has 122 valence electrons. The van der Waals surface area contributed by atoms with E-state index in [1.54, 1.807) is 7.11 Å². The molecule has 1 unspecified atom stereocenters. The number of methoxy groups -OCH3 is 1. The van der Waals surface area contributed by atoms with Gasteiger partial charge in [0.05, 0.1) is 13.0 Å².